The Kier molecular flexibility index (Phi) is 4.99. The Morgan fingerprint density at radius 3 is 2.62 bits per heavy atom. The van der Waals surface area contributed by atoms with Crippen molar-refractivity contribution in [3.8, 4) is 0 Å². The Bertz CT molecular complexity index is 804. The molecule has 1 aliphatic heterocycles. The van der Waals surface area contributed by atoms with Crippen molar-refractivity contribution in [1.29, 1.82) is 0 Å². The molecule has 0 spiro atoms. The molecule has 0 unspecified atom stereocenters. The number of sulfonamides is 1. The maximum Gasteiger partial charge on any atom is 0.218 e. The molecule has 0 amide bonds. The van der Waals surface area contributed by atoms with Crippen molar-refractivity contribution < 1.29 is 8.42 Å². The van der Waals surface area contributed by atoms with Gasteiger partial charge in [0.05, 0.1) is 5.75 Å². The maximum atomic E-state index is 12.7. The molecule has 0 aliphatic carbocycles. The highest BCUT2D eigenvalue weighted by atomic mass is 32.2. The molecule has 128 valence electrons. The topological polar surface area (TPSA) is 53.5 Å². The summed E-state index contributed by atoms with van der Waals surface area (Å²) in [6.45, 7) is 1.78. The Balaban J connectivity index is 1.80. The summed E-state index contributed by atoms with van der Waals surface area (Å²) in [6, 6.07) is 9.34. The summed E-state index contributed by atoms with van der Waals surface area (Å²) >= 11 is 0. The lowest BCUT2D eigenvalue weighted by Gasteiger charge is -2.29. The molecule has 5 nitrogen and oxygen atoms in total. The Labute approximate surface area is 144 Å². The van der Waals surface area contributed by atoms with Crippen molar-refractivity contribution in [2.45, 2.75) is 25.3 Å². The summed E-state index contributed by atoms with van der Waals surface area (Å²) < 4.78 is 27.0. The molecule has 6 heteroatoms. The predicted molar refractivity (Wildman–Crippen MR) is 94.8 cm³/mol. The molecule has 2 aromatic rings. The van der Waals surface area contributed by atoms with E-state index in [4.69, 9.17) is 0 Å². The molecule has 1 aliphatic rings. The number of rotatable bonds is 5. The highest BCUT2D eigenvalue weighted by Gasteiger charge is 2.28. The van der Waals surface area contributed by atoms with Gasteiger partial charge in [-0.25, -0.2) is 8.42 Å². The fourth-order valence-electron chi connectivity index (χ4n) is 3.13. The Morgan fingerprint density at radius 1 is 1.17 bits per heavy atom. The number of hydrogen-bond donors (Lipinski definition) is 0. The van der Waals surface area contributed by atoms with Crippen LogP contribution in [0.1, 0.15) is 22.3 Å². The summed E-state index contributed by atoms with van der Waals surface area (Å²) in [7, 11) is 0.733. The third kappa shape index (κ3) is 3.83. The number of aromatic nitrogens is 1. The van der Waals surface area contributed by atoms with Crippen LogP contribution in [0.25, 0.3) is 0 Å². The van der Waals surface area contributed by atoms with Gasteiger partial charge in [-0.2, -0.15) is 4.31 Å². The number of fused-ring (bicyclic) bond motifs is 1. The molecule has 0 saturated carbocycles. The highest BCUT2D eigenvalue weighted by molar-refractivity contribution is 7.88. The van der Waals surface area contributed by atoms with Gasteiger partial charge in [0.25, 0.3) is 0 Å². The van der Waals surface area contributed by atoms with Crippen LogP contribution in [0.15, 0.2) is 42.7 Å². The monoisotopic (exact) mass is 345 g/mol. The Morgan fingerprint density at radius 2 is 1.92 bits per heavy atom. The summed E-state index contributed by atoms with van der Waals surface area (Å²) in [5, 5.41) is 0. The van der Waals surface area contributed by atoms with Crippen molar-refractivity contribution in [2.24, 2.45) is 0 Å². The van der Waals surface area contributed by atoms with Gasteiger partial charge >= 0.3 is 0 Å². The normalized spacial score (nSPS) is 15.5. The number of nitrogens with zero attached hydrogens (tertiary/aromatic N) is 3. The van der Waals surface area contributed by atoms with Crippen LogP contribution >= 0.6 is 0 Å². The summed E-state index contributed by atoms with van der Waals surface area (Å²) in [4.78, 5) is 6.41. The zero-order chi connectivity index (χ0) is 17.2. The molecule has 0 saturated heterocycles. The van der Waals surface area contributed by atoms with Gasteiger partial charge in [-0.1, -0.05) is 30.3 Å². The SMILES string of the molecule is CN(C)Cc1cncc2c1CCN(S(=O)(=O)Cc1ccccc1)C2. The Hall–Kier alpha value is -1.76. The zero-order valence-corrected chi connectivity index (χ0v) is 15.0. The highest BCUT2D eigenvalue weighted by Crippen LogP contribution is 2.25. The first-order valence-electron chi connectivity index (χ1n) is 8.07. The van der Waals surface area contributed by atoms with Crippen LogP contribution < -0.4 is 0 Å². The van der Waals surface area contributed by atoms with E-state index in [1.54, 1.807) is 10.5 Å². The quantitative estimate of drug-likeness (QED) is 0.832. The van der Waals surface area contributed by atoms with Crippen LogP contribution in [-0.2, 0) is 35.3 Å². The van der Waals surface area contributed by atoms with Crippen molar-refractivity contribution in [3.05, 3.63) is 65.0 Å². The average molecular weight is 345 g/mol. The predicted octanol–water partition coefficient (Wildman–Crippen LogP) is 2.03. The number of benzene rings is 1. The standard InChI is InChI=1S/C18H23N3O2S/c1-20(2)12-16-10-19-11-17-13-21(9-8-18(16)17)24(22,23)14-15-6-4-3-5-7-15/h3-7,10-11H,8-9,12-14H2,1-2H3. The average Bonchev–Trinajstić information content (AvgIpc) is 2.55. The molecule has 1 aromatic heterocycles. The molecule has 0 atom stereocenters. The molecule has 24 heavy (non-hydrogen) atoms. The largest absolute Gasteiger partial charge is 0.305 e. The number of pyridine rings is 1. The number of hydrogen-bond acceptors (Lipinski definition) is 4. The van der Waals surface area contributed by atoms with E-state index in [0.29, 0.717) is 13.1 Å². The van der Waals surface area contributed by atoms with Crippen molar-refractivity contribution in [1.82, 2.24) is 14.2 Å². The summed E-state index contributed by atoms with van der Waals surface area (Å²) in [5.74, 6) is 0.0496. The molecular weight excluding hydrogens is 322 g/mol. The van der Waals surface area contributed by atoms with E-state index in [1.807, 2.05) is 50.6 Å². The van der Waals surface area contributed by atoms with Crippen LogP contribution in [0.3, 0.4) is 0 Å². The van der Waals surface area contributed by atoms with Gasteiger partial charge in [-0.15, -0.1) is 0 Å². The molecule has 2 heterocycles. The van der Waals surface area contributed by atoms with Crippen molar-refractivity contribution >= 4 is 10.0 Å². The van der Waals surface area contributed by atoms with Gasteiger partial charge in [-0.05, 0) is 42.8 Å². The first-order chi connectivity index (χ1) is 11.5. The van der Waals surface area contributed by atoms with E-state index in [-0.39, 0.29) is 5.75 Å². The second kappa shape index (κ2) is 7.01. The van der Waals surface area contributed by atoms with Crippen molar-refractivity contribution in [3.63, 3.8) is 0 Å². The van der Waals surface area contributed by atoms with E-state index < -0.39 is 10.0 Å². The minimum absolute atomic E-state index is 0.0496. The second-order valence-corrected chi connectivity index (χ2v) is 8.47. The van der Waals surface area contributed by atoms with Gasteiger partial charge in [0.2, 0.25) is 10.0 Å². The van der Waals surface area contributed by atoms with Gasteiger partial charge < -0.3 is 4.90 Å². The molecule has 0 fully saturated rings. The molecule has 0 radical (unpaired) electrons. The van der Waals surface area contributed by atoms with Gasteiger partial charge in [0.15, 0.2) is 0 Å². The van der Waals surface area contributed by atoms with Gasteiger partial charge in [0, 0.05) is 32.0 Å². The lowest BCUT2D eigenvalue weighted by Crippen LogP contribution is -2.37. The maximum absolute atomic E-state index is 12.7. The van der Waals surface area contributed by atoms with Crippen LogP contribution in [0, 0.1) is 0 Å². The van der Waals surface area contributed by atoms with Crippen LogP contribution in [0.5, 0.6) is 0 Å². The third-order valence-corrected chi connectivity index (χ3v) is 6.06. The zero-order valence-electron chi connectivity index (χ0n) is 14.1. The third-order valence-electron chi connectivity index (χ3n) is 4.27. The lowest BCUT2D eigenvalue weighted by molar-refractivity contribution is 0.377. The van der Waals surface area contributed by atoms with E-state index in [2.05, 4.69) is 9.88 Å². The molecular formula is C18H23N3O2S. The second-order valence-electron chi connectivity index (χ2n) is 6.50. The summed E-state index contributed by atoms with van der Waals surface area (Å²) in [5.41, 5.74) is 4.29. The van der Waals surface area contributed by atoms with Gasteiger partial charge in [0.1, 0.15) is 0 Å². The molecule has 0 bridgehead atoms. The van der Waals surface area contributed by atoms with Crippen LogP contribution in [0.4, 0.5) is 0 Å². The fourth-order valence-corrected chi connectivity index (χ4v) is 4.63. The van der Waals surface area contributed by atoms with Crippen molar-refractivity contribution in [2.75, 3.05) is 20.6 Å². The van der Waals surface area contributed by atoms with E-state index in [9.17, 15) is 8.42 Å². The smallest absolute Gasteiger partial charge is 0.218 e. The van der Waals surface area contributed by atoms with E-state index in [0.717, 1.165) is 24.1 Å². The summed E-state index contributed by atoms with van der Waals surface area (Å²) in [6.07, 6.45) is 4.45. The lowest BCUT2D eigenvalue weighted by atomic mass is 9.98. The fraction of sp³-hybridized carbons (Fsp3) is 0.389. The minimum atomic E-state index is -3.32. The van der Waals surface area contributed by atoms with E-state index in [1.165, 1.54) is 11.1 Å². The minimum Gasteiger partial charge on any atom is -0.305 e. The van der Waals surface area contributed by atoms with E-state index >= 15 is 0 Å². The first-order valence-corrected chi connectivity index (χ1v) is 9.68. The van der Waals surface area contributed by atoms with Crippen LogP contribution in [-0.4, -0.2) is 43.2 Å². The first kappa shape index (κ1) is 17.1. The van der Waals surface area contributed by atoms with Gasteiger partial charge in [-0.3, -0.25) is 4.98 Å². The molecule has 0 N–H and O–H groups in total. The molecule has 1 aromatic carbocycles. The van der Waals surface area contributed by atoms with Crippen LogP contribution in [0.2, 0.25) is 0 Å². The molecule has 3 rings (SSSR count).